The highest BCUT2D eigenvalue weighted by atomic mass is 15.2. The van der Waals surface area contributed by atoms with Gasteiger partial charge in [0.1, 0.15) is 0 Å². The van der Waals surface area contributed by atoms with Crippen molar-refractivity contribution >= 4 is 5.69 Å². The molecular weight excluding hydrogens is 174 g/mol. The van der Waals surface area contributed by atoms with E-state index in [0.717, 1.165) is 12.5 Å². The molecule has 1 aromatic rings. The monoisotopic (exact) mass is 191 g/mol. The molecular formula is C11H17N3. The maximum atomic E-state index is 4.49. The second kappa shape index (κ2) is 3.30. The van der Waals surface area contributed by atoms with Crippen LogP contribution in [0.25, 0.3) is 0 Å². The van der Waals surface area contributed by atoms with Crippen LogP contribution in [0.3, 0.4) is 0 Å². The molecule has 1 saturated carbocycles. The van der Waals surface area contributed by atoms with E-state index in [2.05, 4.69) is 15.5 Å². The van der Waals surface area contributed by atoms with Crippen molar-refractivity contribution < 1.29 is 0 Å². The van der Waals surface area contributed by atoms with Gasteiger partial charge in [-0.05, 0) is 25.7 Å². The quantitative estimate of drug-likeness (QED) is 0.715. The van der Waals surface area contributed by atoms with Crippen LogP contribution < -0.4 is 5.32 Å². The van der Waals surface area contributed by atoms with E-state index in [4.69, 9.17) is 0 Å². The number of anilines is 1. The van der Waals surface area contributed by atoms with Gasteiger partial charge in [-0.25, -0.2) is 0 Å². The Morgan fingerprint density at radius 2 is 2.00 bits per heavy atom. The summed E-state index contributed by atoms with van der Waals surface area (Å²) < 4.78 is 0. The van der Waals surface area contributed by atoms with Crippen LogP contribution in [-0.4, -0.2) is 16.7 Å². The number of aryl methyl sites for hydroxylation is 1. The third kappa shape index (κ3) is 1.22. The van der Waals surface area contributed by atoms with E-state index in [-0.39, 0.29) is 0 Å². The van der Waals surface area contributed by atoms with Gasteiger partial charge >= 0.3 is 0 Å². The lowest BCUT2D eigenvalue weighted by molar-refractivity contribution is 0.694. The minimum atomic E-state index is 0.723. The van der Waals surface area contributed by atoms with Gasteiger partial charge in [-0.2, -0.15) is 5.10 Å². The Labute approximate surface area is 84.3 Å². The van der Waals surface area contributed by atoms with Crippen LogP contribution in [0.5, 0.6) is 0 Å². The second-order valence-electron chi connectivity index (χ2n) is 4.47. The van der Waals surface area contributed by atoms with Gasteiger partial charge in [0.05, 0.1) is 17.1 Å². The highest BCUT2D eigenvalue weighted by molar-refractivity contribution is 5.55. The molecule has 2 N–H and O–H groups in total. The Morgan fingerprint density at radius 3 is 2.86 bits per heavy atom. The molecule has 14 heavy (non-hydrogen) atoms. The van der Waals surface area contributed by atoms with Crippen molar-refractivity contribution in [2.45, 2.75) is 44.4 Å². The van der Waals surface area contributed by atoms with E-state index in [1.54, 1.807) is 0 Å². The molecule has 0 unspecified atom stereocenters. The maximum Gasteiger partial charge on any atom is 0.0887 e. The standard InChI is InChI=1S/C11H17N3/c1-2-5-8(4-1)10-11-9(13-14-10)6-3-7-12-11/h8,12H,1-7H2,(H,13,14). The average Bonchev–Trinajstić information content (AvgIpc) is 2.85. The summed E-state index contributed by atoms with van der Waals surface area (Å²) in [6, 6.07) is 0. The van der Waals surface area contributed by atoms with Gasteiger partial charge < -0.3 is 5.32 Å². The first-order chi connectivity index (χ1) is 6.95. The first kappa shape index (κ1) is 8.33. The van der Waals surface area contributed by atoms with Gasteiger partial charge in [0, 0.05) is 12.5 Å². The molecule has 0 saturated heterocycles. The molecule has 0 spiro atoms. The molecule has 1 aliphatic heterocycles. The number of nitrogens with zero attached hydrogens (tertiary/aromatic N) is 1. The summed E-state index contributed by atoms with van der Waals surface area (Å²) >= 11 is 0. The summed E-state index contributed by atoms with van der Waals surface area (Å²) in [5, 5.41) is 11.2. The Kier molecular flexibility index (Phi) is 1.96. The second-order valence-corrected chi connectivity index (χ2v) is 4.47. The zero-order chi connectivity index (χ0) is 9.38. The number of fused-ring (bicyclic) bond motifs is 1. The van der Waals surface area contributed by atoms with Crippen LogP contribution in [0.1, 0.15) is 49.4 Å². The van der Waals surface area contributed by atoms with Crippen LogP contribution in [0.4, 0.5) is 5.69 Å². The largest absolute Gasteiger partial charge is 0.382 e. The fourth-order valence-electron chi connectivity index (χ4n) is 2.75. The molecule has 0 amide bonds. The van der Waals surface area contributed by atoms with Gasteiger partial charge in [0.15, 0.2) is 0 Å². The fraction of sp³-hybridized carbons (Fsp3) is 0.727. The molecule has 3 rings (SSSR count). The van der Waals surface area contributed by atoms with Crippen molar-refractivity contribution in [3.05, 3.63) is 11.4 Å². The normalized spacial score (nSPS) is 22.0. The molecule has 0 atom stereocenters. The predicted molar refractivity (Wildman–Crippen MR) is 56.6 cm³/mol. The van der Waals surface area contributed by atoms with Crippen LogP contribution in [0, 0.1) is 0 Å². The number of rotatable bonds is 1. The molecule has 1 fully saturated rings. The summed E-state index contributed by atoms with van der Waals surface area (Å²) in [5.74, 6) is 0.723. The number of H-pyrrole nitrogens is 1. The SMILES string of the molecule is C1CNc2c(C3CCCC3)n[nH]c2C1. The first-order valence-electron chi connectivity index (χ1n) is 5.76. The number of aromatic nitrogens is 2. The van der Waals surface area contributed by atoms with Crippen molar-refractivity contribution in [1.29, 1.82) is 0 Å². The number of hydrogen-bond donors (Lipinski definition) is 2. The van der Waals surface area contributed by atoms with E-state index >= 15 is 0 Å². The van der Waals surface area contributed by atoms with E-state index < -0.39 is 0 Å². The van der Waals surface area contributed by atoms with Gasteiger partial charge in [-0.3, -0.25) is 5.10 Å². The van der Waals surface area contributed by atoms with Crippen molar-refractivity contribution in [3.63, 3.8) is 0 Å². The van der Waals surface area contributed by atoms with Crippen molar-refractivity contribution in [2.24, 2.45) is 0 Å². The third-order valence-corrected chi connectivity index (χ3v) is 3.52. The number of nitrogens with one attached hydrogen (secondary N) is 2. The maximum absolute atomic E-state index is 4.49. The lowest BCUT2D eigenvalue weighted by atomic mass is 10.00. The molecule has 2 aliphatic rings. The molecule has 0 radical (unpaired) electrons. The van der Waals surface area contributed by atoms with Gasteiger partial charge in [0.2, 0.25) is 0 Å². The Bertz CT molecular complexity index is 323. The summed E-state index contributed by atoms with van der Waals surface area (Å²) in [6.45, 7) is 1.12. The highest BCUT2D eigenvalue weighted by Crippen LogP contribution is 2.38. The molecule has 2 heterocycles. The van der Waals surface area contributed by atoms with Gasteiger partial charge in [-0.15, -0.1) is 0 Å². The van der Waals surface area contributed by atoms with Crippen LogP contribution in [0.15, 0.2) is 0 Å². The van der Waals surface area contributed by atoms with Crippen molar-refractivity contribution in [2.75, 3.05) is 11.9 Å². The zero-order valence-corrected chi connectivity index (χ0v) is 8.47. The van der Waals surface area contributed by atoms with E-state index in [1.165, 1.54) is 55.6 Å². The zero-order valence-electron chi connectivity index (χ0n) is 8.47. The minimum Gasteiger partial charge on any atom is -0.382 e. The third-order valence-electron chi connectivity index (χ3n) is 3.52. The lowest BCUT2D eigenvalue weighted by Crippen LogP contribution is -2.12. The average molecular weight is 191 g/mol. The number of aromatic amines is 1. The Hall–Kier alpha value is -0.990. The number of hydrogen-bond acceptors (Lipinski definition) is 2. The Morgan fingerprint density at radius 1 is 1.14 bits per heavy atom. The molecule has 0 aromatic carbocycles. The molecule has 76 valence electrons. The molecule has 1 aromatic heterocycles. The highest BCUT2D eigenvalue weighted by Gasteiger charge is 2.25. The molecule has 3 heteroatoms. The minimum absolute atomic E-state index is 0.723. The van der Waals surface area contributed by atoms with Gasteiger partial charge in [-0.1, -0.05) is 12.8 Å². The summed E-state index contributed by atoms with van der Waals surface area (Å²) in [7, 11) is 0. The first-order valence-corrected chi connectivity index (χ1v) is 5.76. The van der Waals surface area contributed by atoms with Crippen LogP contribution >= 0.6 is 0 Å². The van der Waals surface area contributed by atoms with E-state index in [0.29, 0.717) is 0 Å². The van der Waals surface area contributed by atoms with Crippen LogP contribution in [-0.2, 0) is 6.42 Å². The molecule has 0 bridgehead atoms. The van der Waals surface area contributed by atoms with E-state index in [9.17, 15) is 0 Å². The lowest BCUT2D eigenvalue weighted by Gasteiger charge is -2.16. The topological polar surface area (TPSA) is 40.7 Å². The summed E-state index contributed by atoms with van der Waals surface area (Å²) in [6.07, 6.45) is 7.83. The predicted octanol–water partition coefficient (Wildman–Crippen LogP) is 2.43. The van der Waals surface area contributed by atoms with Gasteiger partial charge in [0.25, 0.3) is 0 Å². The Balaban J connectivity index is 1.93. The molecule has 1 aliphatic carbocycles. The fourth-order valence-corrected chi connectivity index (χ4v) is 2.75. The summed E-state index contributed by atoms with van der Waals surface area (Å²) in [5.41, 5.74) is 3.98. The summed E-state index contributed by atoms with van der Waals surface area (Å²) in [4.78, 5) is 0. The van der Waals surface area contributed by atoms with Crippen LogP contribution in [0.2, 0.25) is 0 Å². The van der Waals surface area contributed by atoms with Crippen molar-refractivity contribution in [1.82, 2.24) is 10.2 Å². The van der Waals surface area contributed by atoms with E-state index in [1.807, 2.05) is 0 Å². The smallest absolute Gasteiger partial charge is 0.0887 e. The van der Waals surface area contributed by atoms with Crippen molar-refractivity contribution in [3.8, 4) is 0 Å². The molecule has 3 nitrogen and oxygen atoms in total.